The Kier molecular flexibility index (Phi) is 5.61. The third-order valence-electron chi connectivity index (χ3n) is 3.25. The van der Waals surface area contributed by atoms with Crippen LogP contribution in [0.1, 0.15) is 20.8 Å². The lowest BCUT2D eigenvalue weighted by Crippen LogP contribution is -2.48. The lowest BCUT2D eigenvalue weighted by Gasteiger charge is -2.07. The van der Waals surface area contributed by atoms with Crippen molar-refractivity contribution < 1.29 is 26.5 Å². The number of hydrogen-bond acceptors (Lipinski definition) is 1. The SMILES string of the molecule is CC(C)(C)[n+]1oc(-c2ccccc2)c2cc(Br)ccc21.F[B-](F)(F)F. The second-order valence-corrected chi connectivity index (χ2v) is 7.32. The first-order chi connectivity index (χ1) is 11.5. The Labute approximate surface area is 151 Å². The first-order valence-corrected chi connectivity index (χ1v) is 8.34. The molecule has 1 heterocycles. The number of rotatable bonds is 1. The molecule has 3 aromatic rings. The molecule has 8 heteroatoms. The molecule has 134 valence electrons. The van der Waals surface area contributed by atoms with E-state index >= 15 is 0 Å². The summed E-state index contributed by atoms with van der Waals surface area (Å²) in [5.41, 5.74) is 2.11. The van der Waals surface area contributed by atoms with Crippen LogP contribution in [-0.4, -0.2) is 7.25 Å². The molecule has 0 aliphatic heterocycles. The summed E-state index contributed by atoms with van der Waals surface area (Å²) in [6.07, 6.45) is 0. The van der Waals surface area contributed by atoms with E-state index < -0.39 is 7.25 Å². The van der Waals surface area contributed by atoms with E-state index in [0.717, 1.165) is 26.7 Å². The number of halogens is 5. The normalized spacial score (nSPS) is 12.0. The molecule has 0 unspecified atom stereocenters. The molecule has 0 aliphatic carbocycles. The molecule has 0 bridgehead atoms. The summed E-state index contributed by atoms with van der Waals surface area (Å²) in [6, 6.07) is 16.5. The zero-order chi connectivity index (χ0) is 18.8. The number of hydrogen-bond donors (Lipinski definition) is 0. The number of benzene rings is 2. The van der Waals surface area contributed by atoms with Crippen molar-refractivity contribution in [3.63, 3.8) is 0 Å². The average molecular weight is 418 g/mol. The van der Waals surface area contributed by atoms with E-state index in [0.29, 0.717) is 0 Å². The van der Waals surface area contributed by atoms with Crippen LogP contribution in [0.2, 0.25) is 0 Å². The van der Waals surface area contributed by atoms with Gasteiger partial charge in [0.1, 0.15) is 5.39 Å². The molecular formula is C17H17BBrF4NO. The Morgan fingerprint density at radius 1 is 0.960 bits per heavy atom. The zero-order valence-electron chi connectivity index (χ0n) is 13.9. The van der Waals surface area contributed by atoms with Gasteiger partial charge in [0, 0.05) is 36.9 Å². The van der Waals surface area contributed by atoms with Crippen LogP contribution >= 0.6 is 15.9 Å². The molecule has 2 nitrogen and oxygen atoms in total. The fourth-order valence-corrected chi connectivity index (χ4v) is 2.71. The smallest absolute Gasteiger partial charge is 0.418 e. The van der Waals surface area contributed by atoms with Gasteiger partial charge in [0.2, 0.25) is 11.3 Å². The second-order valence-electron chi connectivity index (χ2n) is 6.41. The van der Waals surface area contributed by atoms with Crippen LogP contribution in [0.4, 0.5) is 17.3 Å². The Bertz CT molecular complexity index is 851. The standard InChI is InChI=1S/C17H17BrNO.BF4/c1-17(2,3)19-15-10-9-13(18)11-14(15)16(20-19)12-7-5-4-6-8-12;2-1(3,4)5/h4-11H,1-3H3;/q+1;-1. The van der Waals surface area contributed by atoms with Crippen molar-refractivity contribution in [3.8, 4) is 11.3 Å². The molecule has 0 saturated carbocycles. The monoisotopic (exact) mass is 417 g/mol. The number of nitrogens with zero attached hydrogens (tertiary/aromatic N) is 1. The minimum Gasteiger partial charge on any atom is -0.418 e. The molecule has 0 N–H and O–H groups in total. The average Bonchev–Trinajstić information content (AvgIpc) is 2.85. The molecule has 0 fully saturated rings. The molecule has 0 amide bonds. The second kappa shape index (κ2) is 7.19. The van der Waals surface area contributed by atoms with E-state index in [2.05, 4.69) is 67.0 Å². The number of fused-ring (bicyclic) bond motifs is 1. The summed E-state index contributed by atoms with van der Waals surface area (Å²) in [7, 11) is -6.00. The molecule has 0 radical (unpaired) electrons. The highest BCUT2D eigenvalue weighted by molar-refractivity contribution is 9.10. The zero-order valence-corrected chi connectivity index (χ0v) is 15.5. The van der Waals surface area contributed by atoms with Gasteiger partial charge >= 0.3 is 7.25 Å². The van der Waals surface area contributed by atoms with E-state index in [1.807, 2.05) is 22.9 Å². The van der Waals surface area contributed by atoms with Crippen molar-refractivity contribution in [2.75, 3.05) is 0 Å². The highest BCUT2D eigenvalue weighted by atomic mass is 79.9. The van der Waals surface area contributed by atoms with Gasteiger partial charge in [-0.15, -0.1) is 0 Å². The van der Waals surface area contributed by atoms with E-state index in [4.69, 9.17) is 4.52 Å². The van der Waals surface area contributed by atoms with Gasteiger partial charge in [-0.2, -0.15) is 0 Å². The van der Waals surface area contributed by atoms with Gasteiger partial charge in [0.25, 0.3) is 5.52 Å². The van der Waals surface area contributed by atoms with Gasteiger partial charge in [-0.05, 0) is 16.9 Å². The topological polar surface area (TPSA) is 17.0 Å². The van der Waals surface area contributed by atoms with Gasteiger partial charge in [-0.3, -0.25) is 0 Å². The van der Waals surface area contributed by atoms with Crippen molar-refractivity contribution in [2.45, 2.75) is 26.3 Å². The van der Waals surface area contributed by atoms with Crippen molar-refractivity contribution in [3.05, 3.63) is 53.0 Å². The minimum absolute atomic E-state index is 0.0981. The maximum atomic E-state index is 9.75. The van der Waals surface area contributed by atoms with E-state index in [-0.39, 0.29) is 5.54 Å². The van der Waals surface area contributed by atoms with E-state index in [9.17, 15) is 17.3 Å². The summed E-state index contributed by atoms with van der Waals surface area (Å²) in [5, 5.41) is 1.13. The number of aromatic nitrogens is 1. The predicted molar refractivity (Wildman–Crippen MR) is 94.7 cm³/mol. The van der Waals surface area contributed by atoms with Gasteiger partial charge in [0.05, 0.1) is 0 Å². The summed E-state index contributed by atoms with van der Waals surface area (Å²) in [4.78, 5) is 0. The molecule has 0 atom stereocenters. The van der Waals surface area contributed by atoms with Crippen LogP contribution in [0.25, 0.3) is 22.2 Å². The predicted octanol–water partition coefficient (Wildman–Crippen LogP) is 6.20. The van der Waals surface area contributed by atoms with Gasteiger partial charge in [-0.1, -0.05) is 46.3 Å². The van der Waals surface area contributed by atoms with Crippen molar-refractivity contribution in [1.29, 1.82) is 0 Å². The van der Waals surface area contributed by atoms with Crippen molar-refractivity contribution in [1.82, 2.24) is 0 Å². The lowest BCUT2D eigenvalue weighted by atomic mass is 10.1. The molecule has 25 heavy (non-hydrogen) atoms. The molecule has 0 spiro atoms. The molecule has 1 aromatic heterocycles. The summed E-state index contributed by atoms with van der Waals surface area (Å²) in [6.45, 7) is 6.44. The molecule has 0 aliphatic rings. The van der Waals surface area contributed by atoms with Crippen molar-refractivity contribution >= 4 is 34.1 Å². The Morgan fingerprint density at radius 2 is 1.52 bits per heavy atom. The largest absolute Gasteiger partial charge is 0.673 e. The minimum atomic E-state index is -6.00. The molecular weight excluding hydrogens is 401 g/mol. The fraction of sp³-hybridized carbons (Fsp3) is 0.235. The van der Waals surface area contributed by atoms with Crippen LogP contribution < -0.4 is 4.74 Å². The maximum Gasteiger partial charge on any atom is 0.673 e. The lowest BCUT2D eigenvalue weighted by molar-refractivity contribution is -0.886. The van der Waals surface area contributed by atoms with E-state index in [1.54, 1.807) is 0 Å². The van der Waals surface area contributed by atoms with Gasteiger partial charge in [0.15, 0.2) is 0 Å². The first-order valence-electron chi connectivity index (χ1n) is 7.54. The van der Waals surface area contributed by atoms with Crippen LogP contribution in [-0.2, 0) is 5.54 Å². The van der Waals surface area contributed by atoms with Gasteiger partial charge in [-0.25, -0.2) is 4.52 Å². The van der Waals surface area contributed by atoms with Gasteiger partial charge < -0.3 is 17.3 Å². The molecule has 2 aromatic carbocycles. The first kappa shape index (κ1) is 19.5. The van der Waals surface area contributed by atoms with Crippen LogP contribution in [0.15, 0.2) is 57.5 Å². The molecule has 0 saturated heterocycles. The Balaban J connectivity index is 0.000000399. The summed E-state index contributed by atoms with van der Waals surface area (Å²) in [5.74, 6) is 0.914. The highest BCUT2D eigenvalue weighted by Gasteiger charge is 2.32. The Hall–Kier alpha value is -1.83. The summed E-state index contributed by atoms with van der Waals surface area (Å²) < 4.78 is 48.2. The van der Waals surface area contributed by atoms with Crippen LogP contribution in [0.3, 0.4) is 0 Å². The quantitative estimate of drug-likeness (QED) is 0.261. The molecule has 3 rings (SSSR count). The van der Waals surface area contributed by atoms with Crippen molar-refractivity contribution in [2.24, 2.45) is 0 Å². The van der Waals surface area contributed by atoms with Crippen LogP contribution in [0.5, 0.6) is 0 Å². The highest BCUT2D eigenvalue weighted by Crippen LogP contribution is 2.31. The Morgan fingerprint density at radius 3 is 2.04 bits per heavy atom. The fourth-order valence-electron chi connectivity index (χ4n) is 2.35. The third kappa shape index (κ3) is 5.32. The third-order valence-corrected chi connectivity index (χ3v) is 3.74. The van der Waals surface area contributed by atoms with E-state index in [1.165, 1.54) is 0 Å². The maximum absolute atomic E-state index is 9.75. The summed E-state index contributed by atoms with van der Waals surface area (Å²) >= 11 is 3.55. The van der Waals surface area contributed by atoms with Crippen LogP contribution in [0, 0.1) is 0 Å².